The molecule has 0 saturated heterocycles. The van der Waals surface area contributed by atoms with Gasteiger partial charge in [-0.1, -0.05) is 52.7 Å². The maximum absolute atomic E-state index is 13.5. The lowest BCUT2D eigenvalue weighted by atomic mass is 9.77. The maximum atomic E-state index is 13.5. The minimum atomic E-state index is -0.418. The highest BCUT2D eigenvalue weighted by atomic mass is 16.6. The van der Waals surface area contributed by atoms with Crippen LogP contribution in [0.15, 0.2) is 12.2 Å². The van der Waals surface area contributed by atoms with Crippen LogP contribution in [0.3, 0.4) is 0 Å². The molecule has 0 bridgehead atoms. The van der Waals surface area contributed by atoms with Gasteiger partial charge < -0.3 is 9.47 Å². The molecule has 0 aromatic rings. The van der Waals surface area contributed by atoms with Crippen LogP contribution in [0.1, 0.15) is 118 Å². The monoisotopic (exact) mass is 446 g/mol. The predicted octanol–water partition coefficient (Wildman–Crippen LogP) is 7.15. The van der Waals surface area contributed by atoms with E-state index in [0.29, 0.717) is 24.7 Å². The SMILES string of the molecule is CC(C)CC1(OC(=O)C2CC=CCC2C(=O)OC2(CC(C)C)CCCCC2)CCCCC1. The summed E-state index contributed by atoms with van der Waals surface area (Å²) in [4.78, 5) is 26.9. The van der Waals surface area contributed by atoms with Crippen LogP contribution in [0.5, 0.6) is 0 Å². The summed E-state index contributed by atoms with van der Waals surface area (Å²) in [7, 11) is 0. The molecule has 3 aliphatic rings. The third-order valence-corrected chi connectivity index (χ3v) is 7.76. The van der Waals surface area contributed by atoms with E-state index in [-0.39, 0.29) is 23.1 Å². The molecule has 0 aromatic carbocycles. The summed E-state index contributed by atoms with van der Waals surface area (Å²) in [6.45, 7) is 8.80. The lowest BCUT2D eigenvalue weighted by Gasteiger charge is -2.41. The molecule has 2 atom stereocenters. The molecule has 0 amide bonds. The Hall–Kier alpha value is -1.32. The van der Waals surface area contributed by atoms with Crippen molar-refractivity contribution in [3.05, 3.63) is 12.2 Å². The molecule has 4 nitrogen and oxygen atoms in total. The largest absolute Gasteiger partial charge is 0.459 e. The first kappa shape index (κ1) is 25.3. The highest BCUT2D eigenvalue weighted by Gasteiger charge is 2.44. The fourth-order valence-corrected chi connectivity index (χ4v) is 6.49. The van der Waals surface area contributed by atoms with Gasteiger partial charge in [-0.25, -0.2) is 0 Å². The van der Waals surface area contributed by atoms with Gasteiger partial charge >= 0.3 is 11.9 Å². The highest BCUT2D eigenvalue weighted by molar-refractivity contribution is 5.83. The lowest BCUT2D eigenvalue weighted by molar-refractivity contribution is -0.184. The minimum Gasteiger partial charge on any atom is -0.459 e. The second kappa shape index (κ2) is 11.2. The van der Waals surface area contributed by atoms with Crippen LogP contribution >= 0.6 is 0 Å². The van der Waals surface area contributed by atoms with E-state index in [4.69, 9.17) is 9.47 Å². The molecule has 0 heterocycles. The van der Waals surface area contributed by atoms with Crippen molar-refractivity contribution in [1.29, 1.82) is 0 Å². The normalized spacial score (nSPS) is 27.3. The second-order valence-electron chi connectivity index (χ2n) is 11.7. The summed E-state index contributed by atoms with van der Waals surface area (Å²) in [5.41, 5.74) is -0.692. The number of esters is 2. The molecule has 3 rings (SSSR count). The zero-order chi connectivity index (χ0) is 23.2. The Morgan fingerprint density at radius 1 is 0.688 bits per heavy atom. The van der Waals surface area contributed by atoms with E-state index in [0.717, 1.165) is 64.2 Å². The van der Waals surface area contributed by atoms with Crippen molar-refractivity contribution in [1.82, 2.24) is 0 Å². The Morgan fingerprint density at radius 3 is 1.34 bits per heavy atom. The molecule has 2 unspecified atom stereocenters. The number of ether oxygens (including phenoxy) is 2. The van der Waals surface area contributed by atoms with Gasteiger partial charge in [-0.3, -0.25) is 9.59 Å². The van der Waals surface area contributed by atoms with Crippen LogP contribution in [-0.4, -0.2) is 23.1 Å². The Labute approximate surface area is 195 Å². The van der Waals surface area contributed by atoms with E-state index in [1.54, 1.807) is 0 Å². The number of hydrogen-bond donors (Lipinski definition) is 0. The highest BCUT2D eigenvalue weighted by Crippen LogP contribution is 2.41. The van der Waals surface area contributed by atoms with Crippen molar-refractivity contribution in [3.63, 3.8) is 0 Å². The van der Waals surface area contributed by atoms with E-state index in [1.165, 1.54) is 12.8 Å². The quantitative estimate of drug-likeness (QED) is 0.293. The van der Waals surface area contributed by atoms with Gasteiger partial charge in [0.05, 0.1) is 11.8 Å². The van der Waals surface area contributed by atoms with Gasteiger partial charge in [0.25, 0.3) is 0 Å². The van der Waals surface area contributed by atoms with Crippen molar-refractivity contribution in [2.75, 3.05) is 0 Å². The van der Waals surface area contributed by atoms with Gasteiger partial charge in [0.15, 0.2) is 0 Å². The summed E-state index contributed by atoms with van der Waals surface area (Å²) in [6.07, 6.45) is 17.8. The van der Waals surface area contributed by atoms with Crippen molar-refractivity contribution < 1.29 is 19.1 Å². The van der Waals surface area contributed by atoms with E-state index < -0.39 is 11.8 Å². The molecule has 0 spiro atoms. The molecule has 0 aromatic heterocycles. The van der Waals surface area contributed by atoms with E-state index >= 15 is 0 Å². The number of allylic oxidation sites excluding steroid dienone is 2. The van der Waals surface area contributed by atoms with Crippen molar-refractivity contribution in [3.8, 4) is 0 Å². The third kappa shape index (κ3) is 6.60. The molecule has 0 radical (unpaired) electrons. The molecule has 32 heavy (non-hydrogen) atoms. The minimum absolute atomic E-state index is 0.180. The summed E-state index contributed by atoms with van der Waals surface area (Å²) in [5, 5.41) is 0. The van der Waals surface area contributed by atoms with E-state index in [9.17, 15) is 9.59 Å². The molecule has 4 heteroatoms. The first-order valence-corrected chi connectivity index (χ1v) is 13.3. The van der Waals surface area contributed by atoms with Gasteiger partial charge in [0.1, 0.15) is 11.2 Å². The van der Waals surface area contributed by atoms with Gasteiger partial charge in [-0.15, -0.1) is 0 Å². The molecule has 3 aliphatic carbocycles. The summed E-state index contributed by atoms with van der Waals surface area (Å²) < 4.78 is 12.6. The Kier molecular flexibility index (Phi) is 8.86. The first-order chi connectivity index (χ1) is 15.2. The number of hydrogen-bond acceptors (Lipinski definition) is 4. The van der Waals surface area contributed by atoms with Crippen LogP contribution in [0.4, 0.5) is 0 Å². The molecule has 0 aliphatic heterocycles. The lowest BCUT2D eigenvalue weighted by Crippen LogP contribution is -2.45. The van der Waals surface area contributed by atoms with Gasteiger partial charge in [-0.05, 0) is 88.9 Å². The van der Waals surface area contributed by atoms with Crippen LogP contribution in [0, 0.1) is 23.7 Å². The van der Waals surface area contributed by atoms with Crippen molar-refractivity contribution in [2.45, 2.75) is 129 Å². The molecule has 182 valence electrons. The first-order valence-electron chi connectivity index (χ1n) is 13.3. The van der Waals surface area contributed by atoms with Gasteiger partial charge in [-0.2, -0.15) is 0 Å². The average Bonchev–Trinajstić information content (AvgIpc) is 2.73. The van der Waals surface area contributed by atoms with Crippen molar-refractivity contribution in [2.24, 2.45) is 23.7 Å². The van der Waals surface area contributed by atoms with E-state index in [1.807, 2.05) is 12.2 Å². The second-order valence-corrected chi connectivity index (χ2v) is 11.7. The Bertz CT molecular complexity index is 594. The third-order valence-electron chi connectivity index (χ3n) is 7.76. The number of carbonyl (C=O) groups is 2. The number of rotatable bonds is 8. The topological polar surface area (TPSA) is 52.6 Å². The maximum Gasteiger partial charge on any atom is 0.310 e. The molecular weight excluding hydrogens is 400 g/mol. The fourth-order valence-electron chi connectivity index (χ4n) is 6.49. The van der Waals surface area contributed by atoms with Gasteiger partial charge in [0.2, 0.25) is 0 Å². The average molecular weight is 447 g/mol. The zero-order valence-electron chi connectivity index (χ0n) is 21.0. The summed E-state index contributed by atoms with van der Waals surface area (Å²) in [5.74, 6) is -0.234. The fraction of sp³-hybridized carbons (Fsp3) is 0.857. The number of carbonyl (C=O) groups excluding carboxylic acids is 2. The predicted molar refractivity (Wildman–Crippen MR) is 128 cm³/mol. The summed E-state index contributed by atoms with van der Waals surface area (Å²) in [6, 6.07) is 0. The summed E-state index contributed by atoms with van der Waals surface area (Å²) >= 11 is 0. The smallest absolute Gasteiger partial charge is 0.310 e. The van der Waals surface area contributed by atoms with Crippen LogP contribution in [-0.2, 0) is 19.1 Å². The zero-order valence-corrected chi connectivity index (χ0v) is 21.0. The van der Waals surface area contributed by atoms with Crippen LogP contribution in [0.2, 0.25) is 0 Å². The molecule has 2 fully saturated rings. The van der Waals surface area contributed by atoms with E-state index in [2.05, 4.69) is 27.7 Å². The van der Waals surface area contributed by atoms with Gasteiger partial charge in [0, 0.05) is 0 Å². The Balaban J connectivity index is 1.72. The molecular formula is C28H46O4. The van der Waals surface area contributed by atoms with Crippen LogP contribution < -0.4 is 0 Å². The molecule has 2 saturated carbocycles. The van der Waals surface area contributed by atoms with Crippen molar-refractivity contribution >= 4 is 11.9 Å². The Morgan fingerprint density at radius 2 is 1.03 bits per heavy atom. The van der Waals surface area contributed by atoms with Crippen LogP contribution in [0.25, 0.3) is 0 Å². The standard InChI is InChI=1S/C28H46O4/c1-21(2)19-27(15-9-5-10-16-27)31-25(29)23-13-7-8-14-24(23)26(30)32-28(20-22(3)4)17-11-6-12-18-28/h7-8,21-24H,5-6,9-20H2,1-4H3. The molecule has 0 N–H and O–H groups in total.